The standard InChI is InChI=1S/C15H21N5O/c1-3-13(20-10-4-6-19-20)15(21)18-9-8-17-14-11-12(2)5-7-16-14/h4-7,10-11,13H,3,8-9H2,1-2H3,(H,16,17)(H,18,21)/t13-/m1/s1. The highest BCUT2D eigenvalue weighted by molar-refractivity contribution is 5.80. The zero-order valence-electron chi connectivity index (χ0n) is 12.4. The molecule has 112 valence electrons. The summed E-state index contributed by atoms with van der Waals surface area (Å²) < 4.78 is 1.69. The molecule has 0 fully saturated rings. The second-order valence-corrected chi connectivity index (χ2v) is 4.85. The molecule has 1 atom stereocenters. The Hall–Kier alpha value is -2.37. The SMILES string of the molecule is CC[C@H](C(=O)NCCNc1cc(C)ccn1)n1cccn1. The van der Waals surface area contributed by atoms with Gasteiger partial charge in [-0.15, -0.1) is 0 Å². The van der Waals surface area contributed by atoms with E-state index in [2.05, 4.69) is 20.7 Å². The lowest BCUT2D eigenvalue weighted by Crippen LogP contribution is -2.35. The number of aromatic nitrogens is 3. The summed E-state index contributed by atoms with van der Waals surface area (Å²) in [5.74, 6) is 0.809. The molecule has 0 aliphatic carbocycles. The number of amides is 1. The summed E-state index contributed by atoms with van der Waals surface area (Å²) >= 11 is 0. The third-order valence-corrected chi connectivity index (χ3v) is 3.18. The predicted octanol–water partition coefficient (Wildman–Crippen LogP) is 1.77. The molecule has 0 radical (unpaired) electrons. The molecule has 0 spiro atoms. The Kier molecular flexibility index (Phi) is 5.31. The van der Waals surface area contributed by atoms with Crippen molar-refractivity contribution in [3.63, 3.8) is 0 Å². The molecule has 0 bridgehead atoms. The minimum atomic E-state index is -0.253. The molecule has 2 aromatic heterocycles. The maximum atomic E-state index is 12.1. The summed E-state index contributed by atoms with van der Waals surface area (Å²) in [5, 5.41) is 10.2. The first-order chi connectivity index (χ1) is 10.2. The molecule has 2 N–H and O–H groups in total. The molecule has 6 nitrogen and oxygen atoms in total. The fourth-order valence-corrected chi connectivity index (χ4v) is 2.08. The van der Waals surface area contributed by atoms with Crippen LogP contribution in [0.4, 0.5) is 5.82 Å². The molecule has 6 heteroatoms. The Morgan fingerprint density at radius 1 is 1.38 bits per heavy atom. The molecule has 2 rings (SSSR count). The third kappa shape index (κ3) is 4.30. The van der Waals surface area contributed by atoms with E-state index >= 15 is 0 Å². The van der Waals surface area contributed by atoms with E-state index in [9.17, 15) is 4.79 Å². The number of nitrogens with zero attached hydrogens (tertiary/aromatic N) is 3. The van der Waals surface area contributed by atoms with Crippen molar-refractivity contribution in [2.24, 2.45) is 0 Å². The van der Waals surface area contributed by atoms with E-state index in [1.807, 2.05) is 38.2 Å². The summed E-state index contributed by atoms with van der Waals surface area (Å²) in [5.41, 5.74) is 1.15. The van der Waals surface area contributed by atoms with Crippen LogP contribution in [0.2, 0.25) is 0 Å². The largest absolute Gasteiger partial charge is 0.368 e. The second-order valence-electron chi connectivity index (χ2n) is 4.85. The lowest BCUT2D eigenvalue weighted by Gasteiger charge is -2.15. The van der Waals surface area contributed by atoms with Crippen molar-refractivity contribution in [1.29, 1.82) is 0 Å². The average molecular weight is 287 g/mol. The molecular weight excluding hydrogens is 266 g/mol. The summed E-state index contributed by atoms with van der Waals surface area (Å²) in [4.78, 5) is 16.3. The predicted molar refractivity (Wildman–Crippen MR) is 82.0 cm³/mol. The van der Waals surface area contributed by atoms with Crippen LogP contribution in [0.1, 0.15) is 24.9 Å². The van der Waals surface area contributed by atoms with Crippen LogP contribution in [0.25, 0.3) is 0 Å². The smallest absolute Gasteiger partial charge is 0.244 e. The van der Waals surface area contributed by atoms with Gasteiger partial charge in [0.25, 0.3) is 0 Å². The van der Waals surface area contributed by atoms with Crippen LogP contribution in [0.3, 0.4) is 0 Å². The number of nitrogens with one attached hydrogen (secondary N) is 2. The monoisotopic (exact) mass is 287 g/mol. The Labute approximate surface area is 124 Å². The first kappa shape index (κ1) is 15.0. The van der Waals surface area contributed by atoms with E-state index in [0.29, 0.717) is 19.5 Å². The maximum Gasteiger partial charge on any atom is 0.244 e. The fraction of sp³-hybridized carbons (Fsp3) is 0.400. The molecular formula is C15H21N5O. The second kappa shape index (κ2) is 7.42. The van der Waals surface area contributed by atoms with Crippen LogP contribution in [0, 0.1) is 6.92 Å². The number of pyridine rings is 1. The van der Waals surface area contributed by atoms with Crippen molar-refractivity contribution in [2.75, 3.05) is 18.4 Å². The van der Waals surface area contributed by atoms with E-state index in [1.165, 1.54) is 0 Å². The average Bonchev–Trinajstić information content (AvgIpc) is 2.98. The van der Waals surface area contributed by atoms with Crippen molar-refractivity contribution < 1.29 is 4.79 Å². The zero-order chi connectivity index (χ0) is 15.1. The first-order valence-corrected chi connectivity index (χ1v) is 7.14. The number of aryl methyl sites for hydroxylation is 1. The van der Waals surface area contributed by atoms with Gasteiger partial charge in [0, 0.05) is 31.7 Å². The van der Waals surface area contributed by atoms with Gasteiger partial charge in [-0.1, -0.05) is 6.92 Å². The Morgan fingerprint density at radius 3 is 2.90 bits per heavy atom. The van der Waals surface area contributed by atoms with E-state index in [-0.39, 0.29) is 11.9 Å². The van der Waals surface area contributed by atoms with Crippen molar-refractivity contribution in [3.8, 4) is 0 Å². The molecule has 2 heterocycles. The van der Waals surface area contributed by atoms with E-state index in [4.69, 9.17) is 0 Å². The zero-order valence-corrected chi connectivity index (χ0v) is 12.4. The highest BCUT2D eigenvalue weighted by Gasteiger charge is 2.17. The van der Waals surface area contributed by atoms with Gasteiger partial charge in [-0.05, 0) is 37.1 Å². The number of carbonyl (C=O) groups is 1. The summed E-state index contributed by atoms with van der Waals surface area (Å²) in [6.45, 7) is 5.18. The lowest BCUT2D eigenvalue weighted by atomic mass is 10.2. The van der Waals surface area contributed by atoms with Gasteiger partial charge in [0.15, 0.2) is 0 Å². The van der Waals surface area contributed by atoms with Crippen LogP contribution in [-0.2, 0) is 4.79 Å². The van der Waals surface area contributed by atoms with Crippen molar-refractivity contribution in [2.45, 2.75) is 26.3 Å². The molecule has 1 amide bonds. The van der Waals surface area contributed by atoms with Gasteiger partial charge in [0.2, 0.25) is 5.91 Å². The molecule has 0 aromatic carbocycles. The Morgan fingerprint density at radius 2 is 2.24 bits per heavy atom. The van der Waals surface area contributed by atoms with Gasteiger partial charge >= 0.3 is 0 Å². The highest BCUT2D eigenvalue weighted by atomic mass is 16.2. The first-order valence-electron chi connectivity index (χ1n) is 7.14. The van der Waals surface area contributed by atoms with E-state index in [1.54, 1.807) is 17.1 Å². The number of anilines is 1. The van der Waals surface area contributed by atoms with E-state index in [0.717, 1.165) is 11.4 Å². The van der Waals surface area contributed by atoms with Crippen LogP contribution < -0.4 is 10.6 Å². The van der Waals surface area contributed by atoms with Gasteiger partial charge in [-0.3, -0.25) is 9.48 Å². The summed E-state index contributed by atoms with van der Waals surface area (Å²) in [6, 6.07) is 5.49. The van der Waals surface area contributed by atoms with E-state index < -0.39 is 0 Å². The summed E-state index contributed by atoms with van der Waals surface area (Å²) in [6.07, 6.45) is 5.96. The molecule has 0 saturated heterocycles. The quantitative estimate of drug-likeness (QED) is 0.761. The molecule has 0 aliphatic rings. The van der Waals surface area contributed by atoms with Gasteiger partial charge in [-0.2, -0.15) is 5.10 Å². The van der Waals surface area contributed by atoms with Gasteiger partial charge in [0.05, 0.1) is 0 Å². The van der Waals surface area contributed by atoms with Crippen LogP contribution >= 0.6 is 0 Å². The van der Waals surface area contributed by atoms with Gasteiger partial charge in [0.1, 0.15) is 11.9 Å². The topological polar surface area (TPSA) is 71.8 Å². The van der Waals surface area contributed by atoms with Crippen molar-refractivity contribution in [3.05, 3.63) is 42.4 Å². The van der Waals surface area contributed by atoms with Crippen LogP contribution in [0.15, 0.2) is 36.8 Å². The molecule has 0 unspecified atom stereocenters. The Balaban J connectivity index is 1.76. The molecule has 21 heavy (non-hydrogen) atoms. The Bertz CT molecular complexity index is 567. The normalized spacial score (nSPS) is 11.9. The number of carbonyl (C=O) groups excluding carboxylic acids is 1. The van der Waals surface area contributed by atoms with Crippen LogP contribution in [-0.4, -0.2) is 33.8 Å². The van der Waals surface area contributed by atoms with Crippen molar-refractivity contribution in [1.82, 2.24) is 20.1 Å². The number of hydrogen-bond acceptors (Lipinski definition) is 4. The number of hydrogen-bond donors (Lipinski definition) is 2. The lowest BCUT2D eigenvalue weighted by molar-refractivity contribution is -0.124. The number of rotatable bonds is 7. The molecule has 0 saturated carbocycles. The highest BCUT2D eigenvalue weighted by Crippen LogP contribution is 2.09. The minimum Gasteiger partial charge on any atom is -0.368 e. The maximum absolute atomic E-state index is 12.1. The third-order valence-electron chi connectivity index (χ3n) is 3.18. The van der Waals surface area contributed by atoms with Crippen LogP contribution in [0.5, 0.6) is 0 Å². The molecule has 0 aliphatic heterocycles. The van der Waals surface area contributed by atoms with Gasteiger partial charge < -0.3 is 10.6 Å². The minimum absolute atomic E-state index is 0.0137. The molecule has 2 aromatic rings. The van der Waals surface area contributed by atoms with Gasteiger partial charge in [-0.25, -0.2) is 4.98 Å². The fourth-order valence-electron chi connectivity index (χ4n) is 2.08. The van der Waals surface area contributed by atoms with Crippen molar-refractivity contribution >= 4 is 11.7 Å². The summed E-state index contributed by atoms with van der Waals surface area (Å²) in [7, 11) is 0.